The molecule has 0 aromatic carbocycles. The Kier molecular flexibility index (Phi) is 3.32. The van der Waals surface area contributed by atoms with Gasteiger partial charge in [0.1, 0.15) is 0 Å². The van der Waals surface area contributed by atoms with Crippen LogP contribution in [-0.4, -0.2) is 5.11 Å². The van der Waals surface area contributed by atoms with Gasteiger partial charge >= 0.3 is 0 Å². The third-order valence-electron chi connectivity index (χ3n) is 5.93. The number of aliphatic hydroxyl groups is 1. The van der Waals surface area contributed by atoms with Crippen LogP contribution in [0.2, 0.25) is 0 Å². The maximum absolute atomic E-state index is 10.8. The molecule has 4 fully saturated rings. The van der Waals surface area contributed by atoms with Crippen LogP contribution in [0.4, 0.5) is 0 Å². The molecule has 1 heterocycles. The van der Waals surface area contributed by atoms with Gasteiger partial charge in [-0.2, -0.15) is 0 Å². The Morgan fingerprint density at radius 2 is 1.80 bits per heavy atom. The van der Waals surface area contributed by atoms with Crippen molar-refractivity contribution < 1.29 is 5.11 Å². The zero-order valence-corrected chi connectivity index (χ0v) is 14.5. The molecule has 0 aliphatic heterocycles. The van der Waals surface area contributed by atoms with E-state index in [1.165, 1.54) is 43.4 Å². The largest absolute Gasteiger partial charge is 0.388 e. The highest BCUT2D eigenvalue weighted by Crippen LogP contribution is 2.62. The van der Waals surface area contributed by atoms with Crippen molar-refractivity contribution in [3.8, 4) is 0 Å². The average Bonchev–Trinajstić information content (AvgIpc) is 2.66. The summed E-state index contributed by atoms with van der Waals surface area (Å²) in [4.78, 5) is 2.44. The minimum Gasteiger partial charge on any atom is -0.388 e. The number of aryl methyl sites for hydroxylation is 1. The van der Waals surface area contributed by atoms with Gasteiger partial charge in [-0.25, -0.2) is 0 Å². The number of hydrogen-bond donors (Lipinski definition) is 1. The Labute approximate surface area is 133 Å². The molecule has 20 heavy (non-hydrogen) atoms. The summed E-state index contributed by atoms with van der Waals surface area (Å²) in [6.07, 6.45) is 9.34. The van der Waals surface area contributed by atoms with Crippen LogP contribution < -0.4 is 0 Å². The monoisotopic (exact) mass is 354 g/mol. The molecule has 0 amide bonds. The van der Waals surface area contributed by atoms with Gasteiger partial charge in [0.25, 0.3) is 0 Å². The maximum atomic E-state index is 10.8. The van der Waals surface area contributed by atoms with Crippen molar-refractivity contribution in [2.75, 3.05) is 0 Å². The molecule has 1 aromatic rings. The van der Waals surface area contributed by atoms with E-state index in [4.69, 9.17) is 0 Å². The van der Waals surface area contributed by atoms with Crippen molar-refractivity contribution in [2.24, 2.45) is 23.2 Å². The van der Waals surface area contributed by atoms with Crippen molar-refractivity contribution in [1.82, 2.24) is 0 Å². The molecule has 0 spiro atoms. The normalized spacial score (nSPS) is 40.2. The molecular formula is C17H23BrOS. The second-order valence-electron chi connectivity index (χ2n) is 7.71. The number of rotatable bonds is 3. The first kappa shape index (κ1) is 13.8. The smallest absolute Gasteiger partial charge is 0.0898 e. The van der Waals surface area contributed by atoms with E-state index in [-0.39, 0.29) is 6.10 Å². The molecule has 3 heteroatoms. The fourth-order valence-electron chi connectivity index (χ4n) is 5.77. The first-order valence-electron chi connectivity index (χ1n) is 7.97. The summed E-state index contributed by atoms with van der Waals surface area (Å²) >= 11 is 5.37. The summed E-state index contributed by atoms with van der Waals surface area (Å²) in [6, 6.07) is 2.14. The fraction of sp³-hybridized carbons (Fsp3) is 0.765. The molecule has 4 bridgehead atoms. The van der Waals surface area contributed by atoms with Crippen LogP contribution in [0, 0.1) is 30.1 Å². The highest BCUT2D eigenvalue weighted by Gasteiger charge is 2.51. The van der Waals surface area contributed by atoms with Crippen molar-refractivity contribution in [3.63, 3.8) is 0 Å². The van der Waals surface area contributed by atoms with Crippen LogP contribution in [0.15, 0.2) is 10.5 Å². The second kappa shape index (κ2) is 4.82. The molecule has 1 aromatic heterocycles. The lowest BCUT2D eigenvalue weighted by atomic mass is 9.48. The van der Waals surface area contributed by atoms with E-state index in [1.807, 2.05) is 0 Å². The Morgan fingerprint density at radius 1 is 1.25 bits per heavy atom. The van der Waals surface area contributed by atoms with Gasteiger partial charge in [-0.15, -0.1) is 11.3 Å². The molecule has 0 saturated heterocycles. The lowest BCUT2D eigenvalue weighted by molar-refractivity contribution is -0.0760. The molecular weight excluding hydrogens is 332 g/mol. The van der Waals surface area contributed by atoms with Crippen molar-refractivity contribution in [1.29, 1.82) is 0 Å². The zero-order chi connectivity index (χ0) is 13.9. The number of halogens is 1. The fourth-order valence-corrected chi connectivity index (χ4v) is 7.67. The first-order chi connectivity index (χ1) is 9.53. The zero-order valence-electron chi connectivity index (χ0n) is 12.1. The van der Waals surface area contributed by atoms with Gasteiger partial charge in [-0.1, -0.05) is 0 Å². The molecule has 5 rings (SSSR count). The van der Waals surface area contributed by atoms with E-state index in [9.17, 15) is 5.11 Å². The summed E-state index contributed by atoms with van der Waals surface area (Å²) in [5.41, 5.74) is 0.464. The van der Waals surface area contributed by atoms with Gasteiger partial charge in [0.2, 0.25) is 0 Å². The van der Waals surface area contributed by atoms with E-state index >= 15 is 0 Å². The van der Waals surface area contributed by atoms with Crippen molar-refractivity contribution in [2.45, 2.75) is 58.0 Å². The molecule has 4 saturated carbocycles. The predicted molar refractivity (Wildman–Crippen MR) is 86.9 cm³/mol. The van der Waals surface area contributed by atoms with Gasteiger partial charge < -0.3 is 5.11 Å². The lowest BCUT2D eigenvalue weighted by Gasteiger charge is -2.57. The van der Waals surface area contributed by atoms with E-state index in [0.29, 0.717) is 5.41 Å². The van der Waals surface area contributed by atoms with Gasteiger partial charge in [-0.3, -0.25) is 0 Å². The predicted octanol–water partition coefficient (Wildman–Crippen LogP) is 5.46. The van der Waals surface area contributed by atoms with Gasteiger partial charge in [0.05, 0.1) is 6.10 Å². The van der Waals surface area contributed by atoms with E-state index in [1.54, 1.807) is 11.3 Å². The van der Waals surface area contributed by atoms with E-state index in [0.717, 1.165) is 33.5 Å². The Morgan fingerprint density at radius 3 is 2.25 bits per heavy atom. The molecule has 0 radical (unpaired) electrons. The van der Waals surface area contributed by atoms with Crippen LogP contribution in [0.3, 0.4) is 0 Å². The van der Waals surface area contributed by atoms with E-state index < -0.39 is 0 Å². The topological polar surface area (TPSA) is 20.2 Å². The quantitative estimate of drug-likeness (QED) is 0.763. The molecule has 1 unspecified atom stereocenters. The summed E-state index contributed by atoms with van der Waals surface area (Å²) < 4.78 is 1.11. The molecule has 4 aliphatic rings. The number of hydrogen-bond acceptors (Lipinski definition) is 2. The van der Waals surface area contributed by atoms with Crippen molar-refractivity contribution in [3.05, 3.63) is 20.3 Å². The van der Waals surface area contributed by atoms with Crippen LogP contribution in [0.25, 0.3) is 0 Å². The third-order valence-corrected chi connectivity index (χ3v) is 8.00. The number of aliphatic hydroxyl groups excluding tert-OH is 1. The van der Waals surface area contributed by atoms with E-state index in [2.05, 4.69) is 28.9 Å². The van der Waals surface area contributed by atoms with Gasteiger partial charge in [-0.05, 0) is 97.0 Å². The molecule has 1 atom stereocenters. The minimum atomic E-state index is -0.265. The van der Waals surface area contributed by atoms with Crippen LogP contribution in [-0.2, 0) is 0 Å². The first-order valence-corrected chi connectivity index (χ1v) is 9.58. The van der Waals surface area contributed by atoms with Gasteiger partial charge in [0.15, 0.2) is 0 Å². The lowest BCUT2D eigenvalue weighted by Crippen LogP contribution is -2.46. The molecule has 1 nitrogen and oxygen atoms in total. The summed E-state index contributed by atoms with van der Waals surface area (Å²) in [7, 11) is 0. The molecule has 4 aliphatic carbocycles. The summed E-state index contributed by atoms with van der Waals surface area (Å²) in [6.45, 7) is 2.12. The van der Waals surface area contributed by atoms with Gasteiger partial charge in [0, 0.05) is 14.2 Å². The Balaban J connectivity index is 1.55. The molecule has 110 valence electrons. The van der Waals surface area contributed by atoms with Crippen molar-refractivity contribution >= 4 is 27.3 Å². The summed E-state index contributed by atoms with van der Waals surface area (Å²) in [5, 5.41) is 10.8. The summed E-state index contributed by atoms with van der Waals surface area (Å²) in [5.74, 6) is 2.92. The average molecular weight is 355 g/mol. The highest BCUT2D eigenvalue weighted by molar-refractivity contribution is 9.10. The standard InChI is InChI=1S/C17H23BrOS/c1-10-2-14(18)16(20-10)15(19)9-17-6-11-3-12(7-17)5-13(4-11)8-17/h2,11-13,15,19H,3-9H2,1H3. The molecule has 1 N–H and O–H groups in total. The van der Waals surface area contributed by atoms with Crippen LogP contribution >= 0.6 is 27.3 Å². The Bertz CT molecular complexity index is 486. The maximum Gasteiger partial charge on any atom is 0.0898 e. The van der Waals surface area contributed by atoms with Crippen LogP contribution in [0.1, 0.15) is 60.8 Å². The minimum absolute atomic E-state index is 0.265. The SMILES string of the molecule is Cc1cc(Br)c(C(O)CC23CC4CC(CC(C4)C2)C3)s1. The Hall–Kier alpha value is 0.140. The van der Waals surface area contributed by atoms with Crippen LogP contribution in [0.5, 0.6) is 0 Å². The second-order valence-corrected chi connectivity index (χ2v) is 9.85. The number of thiophene rings is 1. The third kappa shape index (κ3) is 2.30. The highest BCUT2D eigenvalue weighted by atomic mass is 79.9.